The van der Waals surface area contributed by atoms with Crippen molar-refractivity contribution in [1.82, 2.24) is 14.9 Å². The molecule has 9 nitrogen and oxygen atoms in total. The Morgan fingerprint density at radius 3 is 2.62 bits per heavy atom. The minimum absolute atomic E-state index is 0.0871. The fourth-order valence-electron chi connectivity index (χ4n) is 4.48. The molecule has 0 saturated carbocycles. The molecule has 11 heteroatoms. The minimum atomic E-state index is -3.77. The van der Waals surface area contributed by atoms with Crippen LogP contribution < -0.4 is 10.6 Å². The molecule has 3 aromatic rings. The van der Waals surface area contributed by atoms with Crippen molar-refractivity contribution in [3.8, 4) is 0 Å². The quantitative estimate of drug-likeness (QED) is 0.446. The number of thiophene rings is 1. The highest BCUT2D eigenvalue weighted by molar-refractivity contribution is 7.91. The fourth-order valence-corrected chi connectivity index (χ4v) is 7.07. The second kappa shape index (κ2) is 11.2. The van der Waals surface area contributed by atoms with Crippen LogP contribution in [0.25, 0.3) is 11.0 Å². The largest absolute Gasteiger partial charge is 0.451 e. The second-order valence-corrected chi connectivity index (χ2v) is 12.8. The normalized spacial score (nSPS) is 18.1. The van der Waals surface area contributed by atoms with Gasteiger partial charge in [-0.25, -0.2) is 8.42 Å². The van der Waals surface area contributed by atoms with E-state index in [1.807, 2.05) is 32.0 Å². The zero-order valence-electron chi connectivity index (χ0n) is 21.0. The molecule has 4 rings (SSSR count). The average Bonchev–Trinajstić information content (AvgIpc) is 3.47. The smallest absolute Gasteiger partial charge is 0.287 e. The van der Waals surface area contributed by atoms with Gasteiger partial charge in [0.05, 0.1) is 12.6 Å². The molecule has 0 spiro atoms. The number of rotatable bonds is 8. The number of aryl methyl sites for hydroxylation is 1. The van der Waals surface area contributed by atoms with Crippen LogP contribution in [-0.4, -0.2) is 55.5 Å². The van der Waals surface area contributed by atoms with Crippen LogP contribution in [0.1, 0.15) is 49.2 Å². The molecule has 3 heterocycles. The lowest BCUT2D eigenvalue weighted by atomic mass is 10.0. The molecule has 1 fully saturated rings. The lowest BCUT2D eigenvalue weighted by Gasteiger charge is -2.23. The van der Waals surface area contributed by atoms with Crippen LogP contribution in [0.5, 0.6) is 0 Å². The van der Waals surface area contributed by atoms with Gasteiger partial charge in [0.25, 0.3) is 15.9 Å². The van der Waals surface area contributed by atoms with Gasteiger partial charge in [-0.3, -0.25) is 14.4 Å². The van der Waals surface area contributed by atoms with E-state index in [1.165, 1.54) is 10.4 Å². The Kier molecular flexibility index (Phi) is 8.15. The summed E-state index contributed by atoms with van der Waals surface area (Å²) in [6.07, 6.45) is 1.09. The van der Waals surface area contributed by atoms with Crippen LogP contribution in [0, 0.1) is 12.8 Å². The maximum absolute atomic E-state index is 13.3. The van der Waals surface area contributed by atoms with Gasteiger partial charge in [0.2, 0.25) is 5.91 Å². The topological polar surface area (TPSA) is 126 Å². The van der Waals surface area contributed by atoms with E-state index in [2.05, 4.69) is 10.6 Å². The Morgan fingerprint density at radius 1 is 1.19 bits per heavy atom. The van der Waals surface area contributed by atoms with Crippen LogP contribution in [0.15, 0.2) is 50.4 Å². The summed E-state index contributed by atoms with van der Waals surface area (Å²) in [6.45, 7) is 5.53. The molecule has 1 unspecified atom stereocenters. The molecule has 0 bridgehead atoms. The van der Waals surface area contributed by atoms with Crippen molar-refractivity contribution in [2.24, 2.45) is 5.92 Å². The fraction of sp³-hybridized carbons (Fsp3) is 0.423. The lowest BCUT2D eigenvalue weighted by Crippen LogP contribution is -2.52. The van der Waals surface area contributed by atoms with Crippen molar-refractivity contribution in [1.29, 1.82) is 0 Å². The molecule has 1 aromatic carbocycles. The zero-order valence-corrected chi connectivity index (χ0v) is 22.7. The Labute approximate surface area is 220 Å². The van der Waals surface area contributed by atoms with E-state index in [-0.39, 0.29) is 34.8 Å². The summed E-state index contributed by atoms with van der Waals surface area (Å²) in [5.74, 6) is -1.14. The van der Waals surface area contributed by atoms with Crippen molar-refractivity contribution in [2.75, 3.05) is 13.1 Å². The number of hydrogen-bond donors (Lipinski definition) is 2. The highest BCUT2D eigenvalue weighted by atomic mass is 32.2. The van der Waals surface area contributed by atoms with E-state index in [1.54, 1.807) is 24.4 Å². The van der Waals surface area contributed by atoms with Gasteiger partial charge >= 0.3 is 0 Å². The van der Waals surface area contributed by atoms with Crippen LogP contribution in [-0.2, 0) is 19.6 Å². The first-order valence-corrected chi connectivity index (χ1v) is 14.6. The maximum Gasteiger partial charge on any atom is 0.287 e. The van der Waals surface area contributed by atoms with Gasteiger partial charge in [-0.15, -0.1) is 11.3 Å². The number of carbonyl (C=O) groups is 3. The molecule has 198 valence electrons. The predicted octanol–water partition coefficient (Wildman–Crippen LogP) is 3.49. The van der Waals surface area contributed by atoms with Gasteiger partial charge in [-0.1, -0.05) is 38.1 Å². The molecule has 2 atom stereocenters. The summed E-state index contributed by atoms with van der Waals surface area (Å²) < 4.78 is 32.9. The Balaban J connectivity index is 1.46. The van der Waals surface area contributed by atoms with Gasteiger partial charge in [0.1, 0.15) is 15.8 Å². The van der Waals surface area contributed by atoms with Crippen molar-refractivity contribution >= 4 is 49.9 Å². The number of ketones is 1. The summed E-state index contributed by atoms with van der Waals surface area (Å²) in [7, 11) is -3.77. The van der Waals surface area contributed by atoms with Crippen LogP contribution >= 0.6 is 11.3 Å². The average molecular weight is 546 g/mol. The molecule has 1 saturated heterocycles. The summed E-state index contributed by atoms with van der Waals surface area (Å²) in [6, 6.07) is 8.75. The maximum atomic E-state index is 13.3. The summed E-state index contributed by atoms with van der Waals surface area (Å²) in [4.78, 5) is 39.3. The molecule has 2 amide bonds. The summed E-state index contributed by atoms with van der Waals surface area (Å²) in [5, 5.41) is 8.04. The first-order valence-electron chi connectivity index (χ1n) is 12.2. The Hall–Kier alpha value is -3.02. The highest BCUT2D eigenvalue weighted by Crippen LogP contribution is 2.26. The number of benzene rings is 1. The third-order valence-corrected chi connectivity index (χ3v) is 9.62. The molecule has 2 N–H and O–H groups in total. The van der Waals surface area contributed by atoms with Crippen LogP contribution in [0.4, 0.5) is 0 Å². The molecule has 0 radical (unpaired) electrons. The number of nitrogens with one attached hydrogen (secondary N) is 2. The summed E-state index contributed by atoms with van der Waals surface area (Å²) >= 11 is 1.10. The van der Waals surface area contributed by atoms with Gasteiger partial charge in [-0.2, -0.15) is 4.31 Å². The van der Waals surface area contributed by atoms with E-state index >= 15 is 0 Å². The summed E-state index contributed by atoms with van der Waals surface area (Å²) in [5.41, 5.74) is 1.27. The van der Waals surface area contributed by atoms with E-state index in [9.17, 15) is 22.8 Å². The molecular formula is C26H31N3O6S2. The van der Waals surface area contributed by atoms with Crippen molar-refractivity contribution in [2.45, 2.75) is 56.3 Å². The Morgan fingerprint density at radius 2 is 1.95 bits per heavy atom. The first kappa shape index (κ1) is 27.0. The number of para-hydroxylation sites is 1. The Bertz CT molecular complexity index is 1390. The van der Waals surface area contributed by atoms with E-state index < -0.39 is 33.9 Å². The zero-order chi connectivity index (χ0) is 26.7. The molecule has 2 aromatic heterocycles. The number of amides is 2. The molecule has 1 aliphatic rings. The van der Waals surface area contributed by atoms with Crippen molar-refractivity contribution < 1.29 is 27.2 Å². The number of furan rings is 1. The van der Waals surface area contributed by atoms with Gasteiger partial charge in [0.15, 0.2) is 11.5 Å². The second-order valence-electron chi connectivity index (χ2n) is 9.65. The van der Waals surface area contributed by atoms with Crippen LogP contribution in [0.2, 0.25) is 0 Å². The molecule has 37 heavy (non-hydrogen) atoms. The number of carbonyl (C=O) groups excluding carboxylic acids is 3. The highest BCUT2D eigenvalue weighted by Gasteiger charge is 2.35. The van der Waals surface area contributed by atoms with E-state index in [0.29, 0.717) is 30.4 Å². The first-order chi connectivity index (χ1) is 17.6. The molecule has 1 aliphatic heterocycles. The third-order valence-electron chi connectivity index (χ3n) is 6.41. The number of sulfonamides is 1. The molecule has 0 aliphatic carbocycles. The number of fused-ring (bicyclic) bond motifs is 1. The predicted molar refractivity (Wildman–Crippen MR) is 141 cm³/mol. The van der Waals surface area contributed by atoms with Gasteiger partial charge < -0.3 is 15.1 Å². The van der Waals surface area contributed by atoms with Gasteiger partial charge in [0, 0.05) is 17.5 Å². The SMILES string of the molecule is Cc1c(C(=O)NC(CC(C)C)C(=O)N[C@H]2CCCN(S(=O)(=O)c3cccs3)CC2=O)oc2ccccc12. The number of hydrogen-bond acceptors (Lipinski definition) is 7. The van der Waals surface area contributed by atoms with Crippen molar-refractivity contribution in [3.63, 3.8) is 0 Å². The third kappa shape index (κ3) is 5.94. The standard InChI is InChI=1S/C26H31N3O6S2/c1-16(2)14-20(28-26(32)24-17(3)18-8-4-5-10-22(18)35-24)25(31)27-19-9-6-12-29(15-21(19)30)37(33,34)23-11-7-13-36-23/h4-5,7-8,10-11,13,16,19-20H,6,9,12,14-15H2,1-3H3,(H,27,31)(H,28,32)/t19-,20?/m0/s1. The van der Waals surface area contributed by atoms with Crippen LogP contribution in [0.3, 0.4) is 0 Å². The van der Waals surface area contributed by atoms with E-state index in [4.69, 9.17) is 4.42 Å². The monoisotopic (exact) mass is 545 g/mol. The minimum Gasteiger partial charge on any atom is -0.451 e. The van der Waals surface area contributed by atoms with Crippen molar-refractivity contribution in [3.05, 3.63) is 53.1 Å². The number of nitrogens with zero attached hydrogens (tertiary/aromatic N) is 1. The van der Waals surface area contributed by atoms with E-state index in [0.717, 1.165) is 16.7 Å². The lowest BCUT2D eigenvalue weighted by molar-refractivity contribution is -0.129. The number of Topliss-reactive ketones (excluding diaryl/α,β-unsaturated/α-hetero) is 1. The van der Waals surface area contributed by atoms with Gasteiger partial charge in [-0.05, 0) is 49.6 Å². The molecular weight excluding hydrogens is 514 g/mol.